The van der Waals surface area contributed by atoms with Gasteiger partial charge in [0.15, 0.2) is 5.76 Å². The Morgan fingerprint density at radius 2 is 1.85 bits per heavy atom. The van der Waals surface area contributed by atoms with E-state index in [1.165, 1.54) is 37.7 Å². The number of nitrogens with zero attached hydrogens (tertiary/aromatic N) is 1. The fourth-order valence-corrected chi connectivity index (χ4v) is 2.99. The van der Waals surface area contributed by atoms with Crippen LogP contribution in [-0.4, -0.2) is 4.98 Å². The molecule has 2 aromatic rings. The van der Waals surface area contributed by atoms with Crippen LogP contribution in [0.2, 0.25) is 0 Å². The summed E-state index contributed by atoms with van der Waals surface area (Å²) in [7, 11) is 0. The van der Waals surface area contributed by atoms with E-state index in [-0.39, 0.29) is 6.04 Å². The molecule has 2 N–H and O–H groups in total. The molecule has 1 aliphatic rings. The van der Waals surface area contributed by atoms with Crippen LogP contribution in [0, 0.1) is 0 Å². The predicted molar refractivity (Wildman–Crippen MR) is 80.4 cm³/mol. The third-order valence-electron chi connectivity index (χ3n) is 4.18. The fourth-order valence-electron chi connectivity index (χ4n) is 2.99. The first-order valence-corrected chi connectivity index (χ1v) is 7.55. The van der Waals surface area contributed by atoms with Gasteiger partial charge in [0.25, 0.3) is 0 Å². The van der Waals surface area contributed by atoms with Gasteiger partial charge in [0.2, 0.25) is 5.89 Å². The molecule has 0 saturated heterocycles. The lowest BCUT2D eigenvalue weighted by atomic mass is 9.84. The van der Waals surface area contributed by atoms with Gasteiger partial charge in [0, 0.05) is 5.56 Å². The van der Waals surface area contributed by atoms with Crippen molar-refractivity contribution in [1.29, 1.82) is 0 Å². The molecule has 0 bridgehead atoms. The molecule has 1 aromatic carbocycles. The van der Waals surface area contributed by atoms with E-state index >= 15 is 0 Å². The van der Waals surface area contributed by atoms with E-state index < -0.39 is 0 Å². The number of nitrogens with two attached hydrogens (primary N) is 1. The van der Waals surface area contributed by atoms with Gasteiger partial charge in [-0.15, -0.1) is 0 Å². The number of aromatic nitrogens is 1. The third-order valence-corrected chi connectivity index (χ3v) is 4.18. The van der Waals surface area contributed by atoms with Crippen molar-refractivity contribution in [2.24, 2.45) is 5.73 Å². The van der Waals surface area contributed by atoms with Gasteiger partial charge in [-0.3, -0.25) is 0 Å². The maximum absolute atomic E-state index is 5.77. The molecule has 106 valence electrons. The van der Waals surface area contributed by atoms with Gasteiger partial charge in [-0.2, -0.15) is 0 Å². The standard InChI is InChI=1S/C17H22N2O/c1-12(18)17-19-11-16(20-17)15-9-7-14(8-10-15)13-5-3-2-4-6-13/h7-13H,2-6,18H2,1H3. The molecule has 20 heavy (non-hydrogen) atoms. The Morgan fingerprint density at radius 3 is 2.45 bits per heavy atom. The Kier molecular flexibility index (Phi) is 3.88. The maximum Gasteiger partial charge on any atom is 0.211 e. The molecule has 1 saturated carbocycles. The Bertz CT molecular complexity index is 551. The number of oxazole rings is 1. The first-order valence-electron chi connectivity index (χ1n) is 7.55. The summed E-state index contributed by atoms with van der Waals surface area (Å²) in [6, 6.07) is 8.58. The molecule has 0 radical (unpaired) electrons. The highest BCUT2D eigenvalue weighted by molar-refractivity contribution is 5.57. The Labute approximate surface area is 120 Å². The minimum atomic E-state index is -0.162. The van der Waals surface area contributed by atoms with Crippen molar-refractivity contribution in [3.05, 3.63) is 41.9 Å². The van der Waals surface area contributed by atoms with E-state index in [9.17, 15) is 0 Å². The number of rotatable bonds is 3. The molecule has 1 unspecified atom stereocenters. The van der Waals surface area contributed by atoms with Crippen LogP contribution in [-0.2, 0) is 0 Å². The van der Waals surface area contributed by atoms with Crippen molar-refractivity contribution in [3.8, 4) is 11.3 Å². The highest BCUT2D eigenvalue weighted by Gasteiger charge is 2.16. The second-order valence-corrected chi connectivity index (χ2v) is 5.81. The number of hydrogen-bond donors (Lipinski definition) is 1. The zero-order chi connectivity index (χ0) is 13.9. The van der Waals surface area contributed by atoms with Gasteiger partial charge in [0.1, 0.15) is 0 Å². The van der Waals surface area contributed by atoms with E-state index in [1.54, 1.807) is 6.20 Å². The van der Waals surface area contributed by atoms with Crippen LogP contribution in [0.15, 0.2) is 34.9 Å². The SMILES string of the molecule is CC(N)c1ncc(-c2ccc(C3CCCCC3)cc2)o1. The van der Waals surface area contributed by atoms with E-state index in [4.69, 9.17) is 10.2 Å². The molecule has 1 heterocycles. The summed E-state index contributed by atoms with van der Waals surface area (Å²) in [5.74, 6) is 2.14. The largest absolute Gasteiger partial charge is 0.439 e. The summed E-state index contributed by atoms with van der Waals surface area (Å²) in [4.78, 5) is 4.21. The third kappa shape index (κ3) is 2.78. The molecule has 3 heteroatoms. The fraction of sp³-hybridized carbons (Fsp3) is 0.471. The van der Waals surface area contributed by atoms with E-state index in [1.807, 2.05) is 6.92 Å². The van der Waals surface area contributed by atoms with Crippen molar-refractivity contribution < 1.29 is 4.42 Å². The average molecular weight is 270 g/mol. The van der Waals surface area contributed by atoms with Crippen LogP contribution < -0.4 is 5.73 Å². The van der Waals surface area contributed by atoms with Gasteiger partial charge in [-0.05, 0) is 31.2 Å². The lowest BCUT2D eigenvalue weighted by molar-refractivity contribution is 0.443. The second-order valence-electron chi connectivity index (χ2n) is 5.81. The number of hydrogen-bond acceptors (Lipinski definition) is 3. The number of benzene rings is 1. The Hall–Kier alpha value is -1.61. The predicted octanol–water partition coefficient (Wildman–Crippen LogP) is 4.41. The van der Waals surface area contributed by atoms with Crippen LogP contribution >= 0.6 is 0 Å². The van der Waals surface area contributed by atoms with Crippen LogP contribution in [0.5, 0.6) is 0 Å². The van der Waals surface area contributed by atoms with Crippen molar-refractivity contribution in [2.75, 3.05) is 0 Å². The smallest absolute Gasteiger partial charge is 0.211 e. The second kappa shape index (κ2) is 5.80. The van der Waals surface area contributed by atoms with E-state index in [0.29, 0.717) is 5.89 Å². The van der Waals surface area contributed by atoms with Crippen LogP contribution in [0.4, 0.5) is 0 Å². The lowest BCUT2D eigenvalue weighted by Crippen LogP contribution is -2.04. The average Bonchev–Trinajstić information content (AvgIpc) is 2.98. The highest BCUT2D eigenvalue weighted by atomic mass is 16.4. The molecule has 1 aliphatic carbocycles. The van der Waals surface area contributed by atoms with Crippen LogP contribution in [0.3, 0.4) is 0 Å². The summed E-state index contributed by atoms with van der Waals surface area (Å²) >= 11 is 0. The normalized spacial score (nSPS) is 18.1. The Balaban J connectivity index is 1.77. The first-order chi connectivity index (χ1) is 9.74. The molecule has 0 aliphatic heterocycles. The minimum absolute atomic E-state index is 0.162. The summed E-state index contributed by atoms with van der Waals surface area (Å²) in [5.41, 5.74) is 8.30. The molecule has 3 rings (SSSR count). The maximum atomic E-state index is 5.77. The summed E-state index contributed by atoms with van der Waals surface area (Å²) in [6.07, 6.45) is 8.55. The van der Waals surface area contributed by atoms with Crippen molar-refractivity contribution >= 4 is 0 Å². The summed E-state index contributed by atoms with van der Waals surface area (Å²) in [5, 5.41) is 0. The minimum Gasteiger partial charge on any atom is -0.439 e. The monoisotopic (exact) mass is 270 g/mol. The molecular weight excluding hydrogens is 248 g/mol. The first kappa shape index (κ1) is 13.4. The van der Waals surface area contributed by atoms with Gasteiger partial charge >= 0.3 is 0 Å². The Morgan fingerprint density at radius 1 is 1.15 bits per heavy atom. The van der Waals surface area contributed by atoms with Gasteiger partial charge in [-0.1, -0.05) is 43.5 Å². The zero-order valence-electron chi connectivity index (χ0n) is 12.0. The van der Waals surface area contributed by atoms with Crippen molar-refractivity contribution in [1.82, 2.24) is 4.98 Å². The molecule has 0 amide bonds. The highest BCUT2D eigenvalue weighted by Crippen LogP contribution is 2.33. The molecule has 1 atom stereocenters. The molecule has 1 fully saturated rings. The van der Waals surface area contributed by atoms with Gasteiger partial charge in [-0.25, -0.2) is 4.98 Å². The molecule has 3 nitrogen and oxygen atoms in total. The van der Waals surface area contributed by atoms with Gasteiger partial charge < -0.3 is 10.2 Å². The summed E-state index contributed by atoms with van der Waals surface area (Å²) < 4.78 is 5.68. The van der Waals surface area contributed by atoms with E-state index in [0.717, 1.165) is 17.2 Å². The van der Waals surface area contributed by atoms with Crippen LogP contribution in [0.25, 0.3) is 11.3 Å². The molecule has 0 spiro atoms. The van der Waals surface area contributed by atoms with Crippen LogP contribution in [0.1, 0.15) is 62.4 Å². The van der Waals surface area contributed by atoms with Crippen molar-refractivity contribution in [2.45, 2.75) is 51.0 Å². The molecular formula is C17H22N2O. The molecule has 1 aromatic heterocycles. The van der Waals surface area contributed by atoms with Gasteiger partial charge in [0.05, 0.1) is 12.2 Å². The van der Waals surface area contributed by atoms with Crippen molar-refractivity contribution in [3.63, 3.8) is 0 Å². The quantitative estimate of drug-likeness (QED) is 0.898. The topological polar surface area (TPSA) is 52.0 Å². The lowest BCUT2D eigenvalue weighted by Gasteiger charge is -2.21. The zero-order valence-corrected chi connectivity index (χ0v) is 12.0. The van der Waals surface area contributed by atoms with E-state index in [2.05, 4.69) is 29.2 Å². The summed E-state index contributed by atoms with van der Waals surface area (Å²) in [6.45, 7) is 1.88.